The Bertz CT molecular complexity index is 424. The summed E-state index contributed by atoms with van der Waals surface area (Å²) < 4.78 is 5.69. The molecule has 0 radical (unpaired) electrons. The van der Waals surface area contributed by atoms with Gasteiger partial charge >= 0.3 is 0 Å². The maximum atomic E-state index is 5.69. The summed E-state index contributed by atoms with van der Waals surface area (Å²) in [5, 5.41) is 0. The fraction of sp³-hybridized carbons (Fsp3) is 0.913. The van der Waals surface area contributed by atoms with Crippen molar-refractivity contribution in [2.24, 2.45) is 11.3 Å². The van der Waals surface area contributed by atoms with E-state index in [1.165, 1.54) is 70.9 Å². The lowest BCUT2D eigenvalue weighted by Gasteiger charge is -2.46. The summed E-state index contributed by atoms with van der Waals surface area (Å²) in [6.07, 6.45) is 14.8. The van der Waals surface area contributed by atoms with Crippen LogP contribution >= 0.6 is 0 Å². The zero-order chi connectivity index (χ0) is 18.4. The smallest absolute Gasteiger partial charge is 0.0594 e. The molecule has 3 aliphatic rings. The second kappa shape index (κ2) is 9.71. The maximum Gasteiger partial charge on any atom is 0.0594 e. The van der Waals surface area contributed by atoms with E-state index in [1.54, 1.807) is 0 Å². The molecule has 2 saturated heterocycles. The summed E-state index contributed by atoms with van der Waals surface area (Å²) in [7, 11) is 0. The predicted molar refractivity (Wildman–Crippen MR) is 111 cm³/mol. The summed E-state index contributed by atoms with van der Waals surface area (Å²) >= 11 is 0. The van der Waals surface area contributed by atoms with Crippen LogP contribution in [0, 0.1) is 11.3 Å². The Morgan fingerprint density at radius 1 is 1.04 bits per heavy atom. The van der Waals surface area contributed by atoms with Crippen molar-refractivity contribution in [3.05, 3.63) is 12.7 Å². The molecule has 150 valence electrons. The molecule has 2 atom stereocenters. The predicted octanol–water partition coefficient (Wildman–Crippen LogP) is 4.72. The zero-order valence-electron chi connectivity index (χ0n) is 17.4. The quantitative estimate of drug-likeness (QED) is 0.581. The van der Waals surface area contributed by atoms with Gasteiger partial charge in [0.15, 0.2) is 0 Å². The topological polar surface area (TPSA) is 15.7 Å². The van der Waals surface area contributed by atoms with E-state index < -0.39 is 0 Å². The largest absolute Gasteiger partial charge is 0.379 e. The average Bonchev–Trinajstić information content (AvgIpc) is 3.14. The van der Waals surface area contributed by atoms with Crippen LogP contribution in [0.15, 0.2) is 12.7 Å². The van der Waals surface area contributed by atoms with E-state index in [1.807, 2.05) is 0 Å². The number of ether oxygens (including phenoxy) is 1. The maximum absolute atomic E-state index is 5.69. The molecule has 1 aliphatic carbocycles. The van der Waals surface area contributed by atoms with Crippen molar-refractivity contribution in [2.75, 3.05) is 39.4 Å². The van der Waals surface area contributed by atoms with E-state index in [-0.39, 0.29) is 5.41 Å². The first-order valence-electron chi connectivity index (χ1n) is 11.4. The van der Waals surface area contributed by atoms with Gasteiger partial charge in [-0.05, 0) is 38.1 Å². The molecule has 2 aliphatic heterocycles. The SMILES string of the molecule is C=CC1(C(CC2CCCCC2)N2CCOCC2)CCN(C(CC)CC)C1. The molecular weight excluding hydrogens is 320 g/mol. The van der Waals surface area contributed by atoms with Gasteiger partial charge in [0.05, 0.1) is 13.2 Å². The van der Waals surface area contributed by atoms with Crippen molar-refractivity contribution in [1.29, 1.82) is 0 Å². The highest BCUT2D eigenvalue weighted by Gasteiger charge is 2.46. The molecule has 0 amide bonds. The van der Waals surface area contributed by atoms with Crippen molar-refractivity contribution in [3.63, 3.8) is 0 Å². The van der Waals surface area contributed by atoms with Crippen molar-refractivity contribution >= 4 is 0 Å². The number of morpholine rings is 1. The van der Waals surface area contributed by atoms with E-state index in [4.69, 9.17) is 4.74 Å². The number of hydrogen-bond acceptors (Lipinski definition) is 3. The second-order valence-electron chi connectivity index (χ2n) is 9.03. The molecule has 2 heterocycles. The summed E-state index contributed by atoms with van der Waals surface area (Å²) in [6.45, 7) is 15.6. The normalized spacial score (nSPS) is 30.7. The van der Waals surface area contributed by atoms with Crippen LogP contribution in [0.3, 0.4) is 0 Å². The van der Waals surface area contributed by atoms with Crippen LogP contribution < -0.4 is 0 Å². The highest BCUT2D eigenvalue weighted by molar-refractivity contribution is 5.10. The van der Waals surface area contributed by atoms with Crippen LogP contribution in [-0.4, -0.2) is 61.3 Å². The Kier molecular flexibility index (Phi) is 7.60. The monoisotopic (exact) mass is 362 g/mol. The van der Waals surface area contributed by atoms with E-state index in [2.05, 4.69) is 36.3 Å². The zero-order valence-corrected chi connectivity index (χ0v) is 17.4. The summed E-state index contributed by atoms with van der Waals surface area (Å²) in [4.78, 5) is 5.55. The molecule has 0 aromatic rings. The van der Waals surface area contributed by atoms with Gasteiger partial charge in [0.25, 0.3) is 0 Å². The Morgan fingerprint density at radius 2 is 1.73 bits per heavy atom. The molecule has 2 unspecified atom stereocenters. The minimum atomic E-state index is 0.275. The molecule has 0 bridgehead atoms. The molecule has 0 spiro atoms. The van der Waals surface area contributed by atoms with Crippen LogP contribution in [-0.2, 0) is 4.74 Å². The fourth-order valence-corrected chi connectivity index (χ4v) is 5.95. The van der Waals surface area contributed by atoms with Crippen molar-refractivity contribution in [1.82, 2.24) is 9.80 Å². The van der Waals surface area contributed by atoms with Gasteiger partial charge in [-0.1, -0.05) is 52.0 Å². The molecule has 3 rings (SSSR count). The first-order valence-corrected chi connectivity index (χ1v) is 11.4. The third kappa shape index (κ3) is 4.54. The van der Waals surface area contributed by atoms with Gasteiger partial charge in [-0.15, -0.1) is 6.58 Å². The molecule has 0 aromatic heterocycles. The number of nitrogens with zero attached hydrogens (tertiary/aromatic N) is 2. The van der Waals surface area contributed by atoms with E-state index in [0.717, 1.165) is 38.3 Å². The lowest BCUT2D eigenvalue weighted by molar-refractivity contribution is -0.0194. The summed E-state index contributed by atoms with van der Waals surface area (Å²) in [5.41, 5.74) is 0.275. The summed E-state index contributed by atoms with van der Waals surface area (Å²) in [6, 6.07) is 1.41. The van der Waals surface area contributed by atoms with E-state index >= 15 is 0 Å². The first kappa shape index (κ1) is 20.4. The molecular formula is C23H42N2O. The fourth-order valence-electron chi connectivity index (χ4n) is 5.95. The summed E-state index contributed by atoms with van der Waals surface area (Å²) in [5.74, 6) is 0.926. The number of rotatable bonds is 8. The molecule has 1 saturated carbocycles. The van der Waals surface area contributed by atoms with Gasteiger partial charge < -0.3 is 4.74 Å². The van der Waals surface area contributed by atoms with E-state index in [9.17, 15) is 0 Å². The minimum Gasteiger partial charge on any atom is -0.379 e. The molecule has 3 heteroatoms. The van der Waals surface area contributed by atoms with Crippen LogP contribution in [0.25, 0.3) is 0 Å². The third-order valence-electron chi connectivity index (χ3n) is 7.66. The molecule has 0 N–H and O–H groups in total. The standard InChI is InChI=1S/C23H42N2O/c1-4-21(5-2)25-13-12-23(6-3,19-25)22(24-14-16-26-17-15-24)18-20-10-8-7-9-11-20/h6,20-22H,3-5,7-19H2,1-2H3. The Balaban J connectivity index is 1.77. The molecule has 0 aromatic carbocycles. The van der Waals surface area contributed by atoms with Crippen LogP contribution in [0.4, 0.5) is 0 Å². The van der Waals surface area contributed by atoms with Crippen molar-refractivity contribution in [2.45, 2.75) is 83.7 Å². The van der Waals surface area contributed by atoms with Gasteiger partial charge in [-0.2, -0.15) is 0 Å². The van der Waals surface area contributed by atoms with Gasteiger partial charge in [0.1, 0.15) is 0 Å². The molecule has 3 fully saturated rings. The van der Waals surface area contributed by atoms with Gasteiger partial charge in [-0.25, -0.2) is 0 Å². The van der Waals surface area contributed by atoms with Crippen LogP contribution in [0.5, 0.6) is 0 Å². The highest BCUT2D eigenvalue weighted by Crippen LogP contribution is 2.43. The highest BCUT2D eigenvalue weighted by atomic mass is 16.5. The van der Waals surface area contributed by atoms with Gasteiger partial charge in [-0.3, -0.25) is 9.80 Å². The lowest BCUT2D eigenvalue weighted by atomic mass is 9.72. The van der Waals surface area contributed by atoms with Crippen LogP contribution in [0.2, 0.25) is 0 Å². The van der Waals surface area contributed by atoms with Gasteiger partial charge in [0, 0.05) is 37.1 Å². The van der Waals surface area contributed by atoms with Gasteiger partial charge in [0.2, 0.25) is 0 Å². The van der Waals surface area contributed by atoms with Crippen molar-refractivity contribution < 1.29 is 4.74 Å². The minimum absolute atomic E-state index is 0.275. The average molecular weight is 363 g/mol. The lowest BCUT2D eigenvalue weighted by Crippen LogP contribution is -2.53. The second-order valence-corrected chi connectivity index (χ2v) is 9.03. The third-order valence-corrected chi connectivity index (χ3v) is 7.66. The van der Waals surface area contributed by atoms with E-state index in [0.29, 0.717) is 6.04 Å². The molecule has 26 heavy (non-hydrogen) atoms. The Labute approximate surface area is 162 Å². The molecule has 3 nitrogen and oxygen atoms in total. The first-order chi connectivity index (χ1) is 12.7. The Hall–Kier alpha value is -0.380. The number of likely N-dealkylation sites (tertiary alicyclic amines) is 1. The number of hydrogen-bond donors (Lipinski definition) is 0. The van der Waals surface area contributed by atoms with Crippen molar-refractivity contribution in [3.8, 4) is 0 Å². The van der Waals surface area contributed by atoms with Crippen LogP contribution in [0.1, 0.15) is 71.6 Å². The Morgan fingerprint density at radius 3 is 2.35 bits per heavy atom.